The number of rotatable bonds is 3. The maximum Gasteiger partial charge on any atom is 0.192 e. The summed E-state index contributed by atoms with van der Waals surface area (Å²) in [4.78, 5) is 0. The van der Waals surface area contributed by atoms with Gasteiger partial charge < -0.3 is 9.74 Å². The van der Waals surface area contributed by atoms with Crippen LogP contribution in [0.2, 0.25) is 18.1 Å². The van der Waals surface area contributed by atoms with Gasteiger partial charge in [0.25, 0.3) is 0 Å². The van der Waals surface area contributed by atoms with Crippen LogP contribution in [-0.4, -0.2) is 21.0 Å². The summed E-state index contributed by atoms with van der Waals surface area (Å²) < 4.78 is 6.37. The lowest BCUT2D eigenvalue weighted by Gasteiger charge is -2.39. The fourth-order valence-corrected chi connectivity index (χ4v) is 3.59. The fourth-order valence-electron chi connectivity index (χ4n) is 2.54. The van der Waals surface area contributed by atoms with Gasteiger partial charge in [0.15, 0.2) is 8.32 Å². The van der Waals surface area contributed by atoms with Gasteiger partial charge in [0.1, 0.15) is 0 Å². The van der Waals surface area contributed by atoms with E-state index in [-0.39, 0.29) is 5.04 Å². The number of hydrogen-bond donors (Lipinski definition) is 1. The van der Waals surface area contributed by atoms with Crippen molar-refractivity contribution in [1.82, 2.24) is 5.32 Å². The van der Waals surface area contributed by atoms with Gasteiger partial charge in [0.05, 0.1) is 0 Å². The second kappa shape index (κ2) is 5.62. The number of benzene rings is 1. The molecule has 0 amide bonds. The van der Waals surface area contributed by atoms with E-state index in [2.05, 4.69) is 70.4 Å². The van der Waals surface area contributed by atoms with Gasteiger partial charge in [-0.3, -0.25) is 0 Å². The predicted octanol–water partition coefficient (Wildman–Crippen LogP) is 4.28. The van der Waals surface area contributed by atoms with Gasteiger partial charge in [0, 0.05) is 18.7 Å². The van der Waals surface area contributed by atoms with E-state index in [1.54, 1.807) is 0 Å². The lowest BCUT2D eigenvalue weighted by Crippen LogP contribution is -2.47. The van der Waals surface area contributed by atoms with Crippen molar-refractivity contribution in [1.29, 1.82) is 0 Å². The molecule has 20 heavy (non-hydrogen) atoms. The van der Waals surface area contributed by atoms with Gasteiger partial charge in [-0.2, -0.15) is 0 Å². The summed E-state index contributed by atoms with van der Waals surface area (Å²) in [5.74, 6) is 0. The molecule has 0 aromatic heterocycles. The molecule has 3 heteroatoms. The van der Waals surface area contributed by atoms with E-state index in [4.69, 9.17) is 4.43 Å². The molecule has 0 unspecified atom stereocenters. The van der Waals surface area contributed by atoms with E-state index in [9.17, 15) is 0 Å². The Morgan fingerprint density at radius 1 is 1.25 bits per heavy atom. The average molecular weight is 292 g/mol. The van der Waals surface area contributed by atoms with Crippen LogP contribution >= 0.6 is 0 Å². The van der Waals surface area contributed by atoms with Crippen molar-refractivity contribution in [2.75, 3.05) is 6.61 Å². The van der Waals surface area contributed by atoms with Crippen LogP contribution < -0.4 is 5.32 Å². The molecule has 1 aliphatic heterocycles. The van der Waals surface area contributed by atoms with E-state index >= 15 is 0 Å². The maximum atomic E-state index is 6.37. The highest BCUT2D eigenvalue weighted by molar-refractivity contribution is 6.74. The molecule has 1 N–H and O–H groups in total. The molecule has 2 atom stereocenters. The maximum absolute atomic E-state index is 6.37. The van der Waals surface area contributed by atoms with Crippen molar-refractivity contribution < 1.29 is 4.43 Å². The van der Waals surface area contributed by atoms with Crippen molar-refractivity contribution in [3.05, 3.63) is 35.4 Å². The molecule has 0 saturated heterocycles. The van der Waals surface area contributed by atoms with E-state index in [0.29, 0.717) is 12.1 Å². The highest BCUT2D eigenvalue weighted by atomic mass is 28.4. The summed E-state index contributed by atoms with van der Waals surface area (Å²) in [5.41, 5.74) is 2.92. The summed E-state index contributed by atoms with van der Waals surface area (Å²) >= 11 is 0. The van der Waals surface area contributed by atoms with Gasteiger partial charge in [-0.25, -0.2) is 0 Å². The zero-order valence-corrected chi connectivity index (χ0v) is 14.8. The van der Waals surface area contributed by atoms with Crippen molar-refractivity contribution in [3.63, 3.8) is 0 Å². The van der Waals surface area contributed by atoms with Crippen molar-refractivity contribution in [2.45, 2.75) is 64.3 Å². The second-order valence-electron chi connectivity index (χ2n) is 7.56. The van der Waals surface area contributed by atoms with Crippen LogP contribution in [0, 0.1) is 0 Å². The number of fused-ring (bicyclic) bond motifs is 1. The minimum Gasteiger partial charge on any atom is -0.415 e. The first-order valence-electron chi connectivity index (χ1n) is 7.68. The minimum absolute atomic E-state index is 0.283. The standard InChI is InChI=1S/C17H29NOSi/c1-13-16-10-8-7-9-14(16)11-15(18-13)12-19-20(5,6)17(2,3)4/h7-10,13,15,18H,11-12H2,1-6H3/t13-,15-/m0/s1. The summed E-state index contributed by atoms with van der Waals surface area (Å²) in [7, 11) is -1.64. The van der Waals surface area contributed by atoms with Crippen LogP contribution in [0.25, 0.3) is 0 Å². The topological polar surface area (TPSA) is 21.3 Å². The Kier molecular flexibility index (Phi) is 4.43. The Balaban J connectivity index is 2.00. The molecule has 0 radical (unpaired) electrons. The number of nitrogens with one attached hydrogen (secondary N) is 1. The lowest BCUT2D eigenvalue weighted by atomic mass is 9.91. The zero-order chi connectivity index (χ0) is 15.0. The molecule has 1 aliphatic rings. The molecule has 2 rings (SSSR count). The average Bonchev–Trinajstić information content (AvgIpc) is 2.35. The van der Waals surface area contributed by atoms with Crippen LogP contribution in [0.5, 0.6) is 0 Å². The summed E-state index contributed by atoms with van der Waals surface area (Å²) in [6, 6.07) is 9.62. The van der Waals surface area contributed by atoms with Crippen molar-refractivity contribution >= 4 is 8.32 Å². The third-order valence-electron chi connectivity index (χ3n) is 4.93. The molecule has 1 heterocycles. The van der Waals surface area contributed by atoms with Gasteiger partial charge in [-0.1, -0.05) is 45.0 Å². The van der Waals surface area contributed by atoms with Crippen LogP contribution in [-0.2, 0) is 10.8 Å². The van der Waals surface area contributed by atoms with Crippen LogP contribution in [0.4, 0.5) is 0 Å². The van der Waals surface area contributed by atoms with Gasteiger partial charge >= 0.3 is 0 Å². The minimum atomic E-state index is -1.64. The molecule has 1 aromatic carbocycles. The summed E-state index contributed by atoms with van der Waals surface area (Å²) in [6.07, 6.45) is 1.08. The summed E-state index contributed by atoms with van der Waals surface area (Å²) in [6.45, 7) is 14.6. The van der Waals surface area contributed by atoms with E-state index < -0.39 is 8.32 Å². The Labute approximate surface area is 125 Å². The van der Waals surface area contributed by atoms with E-state index in [0.717, 1.165) is 13.0 Å². The van der Waals surface area contributed by atoms with Crippen LogP contribution in [0.3, 0.4) is 0 Å². The molecule has 0 saturated carbocycles. The first-order chi connectivity index (χ1) is 9.21. The van der Waals surface area contributed by atoms with Crippen LogP contribution in [0.15, 0.2) is 24.3 Å². The smallest absolute Gasteiger partial charge is 0.192 e. The quantitative estimate of drug-likeness (QED) is 0.839. The van der Waals surface area contributed by atoms with E-state index in [1.165, 1.54) is 11.1 Å². The van der Waals surface area contributed by atoms with Gasteiger partial charge in [0.2, 0.25) is 0 Å². The molecular formula is C17H29NOSi. The van der Waals surface area contributed by atoms with Crippen LogP contribution in [0.1, 0.15) is 44.9 Å². The van der Waals surface area contributed by atoms with Crippen molar-refractivity contribution in [2.24, 2.45) is 0 Å². The largest absolute Gasteiger partial charge is 0.415 e. The Bertz CT molecular complexity index is 464. The molecule has 1 aromatic rings. The molecule has 2 nitrogen and oxygen atoms in total. The van der Waals surface area contributed by atoms with Crippen molar-refractivity contribution in [3.8, 4) is 0 Å². The zero-order valence-electron chi connectivity index (χ0n) is 13.8. The monoisotopic (exact) mass is 291 g/mol. The first kappa shape index (κ1) is 15.7. The predicted molar refractivity (Wildman–Crippen MR) is 88.6 cm³/mol. The van der Waals surface area contributed by atoms with Gasteiger partial charge in [-0.05, 0) is 42.6 Å². The fraction of sp³-hybridized carbons (Fsp3) is 0.647. The normalized spacial score (nSPS) is 23.5. The lowest BCUT2D eigenvalue weighted by molar-refractivity contribution is 0.227. The molecular weight excluding hydrogens is 262 g/mol. The second-order valence-corrected chi connectivity index (χ2v) is 12.4. The first-order valence-corrected chi connectivity index (χ1v) is 10.6. The Morgan fingerprint density at radius 2 is 1.90 bits per heavy atom. The molecule has 0 spiro atoms. The van der Waals surface area contributed by atoms with Gasteiger partial charge in [-0.15, -0.1) is 0 Å². The molecule has 112 valence electrons. The SMILES string of the molecule is C[C@@H]1N[C@H](CO[Si](C)(C)C(C)(C)C)Cc2ccccc21. The Hall–Kier alpha value is -0.643. The molecule has 0 bridgehead atoms. The third kappa shape index (κ3) is 3.33. The molecule has 0 aliphatic carbocycles. The Morgan fingerprint density at radius 3 is 2.55 bits per heavy atom. The highest BCUT2D eigenvalue weighted by Gasteiger charge is 2.38. The number of hydrogen-bond acceptors (Lipinski definition) is 2. The summed E-state index contributed by atoms with van der Waals surface area (Å²) in [5, 5.41) is 3.98. The third-order valence-corrected chi connectivity index (χ3v) is 9.43. The highest BCUT2D eigenvalue weighted by Crippen LogP contribution is 2.37. The van der Waals surface area contributed by atoms with E-state index in [1.807, 2.05) is 0 Å². The molecule has 0 fully saturated rings.